The van der Waals surface area contributed by atoms with Crippen molar-refractivity contribution in [2.45, 2.75) is 199 Å². The highest BCUT2D eigenvalue weighted by Crippen LogP contribution is 2.13. The fourth-order valence-electron chi connectivity index (χ4n) is 6.73. The van der Waals surface area contributed by atoms with Crippen LogP contribution in [-0.4, -0.2) is 75.5 Å². The maximum Gasteiger partial charge on any atom is 0.306 e. The molecule has 62 heavy (non-hydrogen) atoms. The van der Waals surface area contributed by atoms with E-state index < -0.39 is 18.1 Å². The minimum atomic E-state index is -1.13. The fraction of sp³-hybridized carbons (Fsp3) is 0.685. The molecule has 0 N–H and O–H groups in total. The van der Waals surface area contributed by atoms with E-state index in [1.165, 1.54) is 44.9 Å². The average molecular weight is 866 g/mol. The molecule has 8 nitrogen and oxygen atoms in total. The van der Waals surface area contributed by atoms with Crippen LogP contribution in [0.1, 0.15) is 187 Å². The molecule has 0 amide bonds. The van der Waals surface area contributed by atoms with Gasteiger partial charge in [0.25, 0.3) is 0 Å². The van der Waals surface area contributed by atoms with E-state index in [0.717, 1.165) is 109 Å². The highest BCUT2D eigenvalue weighted by molar-refractivity contribution is 5.70. The van der Waals surface area contributed by atoms with Crippen molar-refractivity contribution in [1.29, 1.82) is 0 Å². The SMILES string of the molecule is CC/C=C/C/C=C/C/C=C/C/C=C/C/C=C/CCCCCCC(=O)OCC(COCCC(C(=O)[O-])[N+](C)(C)C)OC(=O)CCCCCCC/C=C/C=C/CCCCCCCCC. The molecule has 2 atom stereocenters. The first kappa shape index (κ1) is 58.5. The van der Waals surface area contributed by atoms with E-state index in [4.69, 9.17) is 14.2 Å². The van der Waals surface area contributed by atoms with E-state index in [9.17, 15) is 19.5 Å². The monoisotopic (exact) mass is 866 g/mol. The van der Waals surface area contributed by atoms with Gasteiger partial charge in [-0.1, -0.05) is 170 Å². The van der Waals surface area contributed by atoms with Gasteiger partial charge >= 0.3 is 11.9 Å². The topological polar surface area (TPSA) is 102 Å². The lowest BCUT2D eigenvalue weighted by atomic mass is 10.1. The van der Waals surface area contributed by atoms with Crippen molar-refractivity contribution >= 4 is 17.9 Å². The molecule has 0 aromatic heterocycles. The number of rotatable bonds is 43. The lowest BCUT2D eigenvalue weighted by molar-refractivity contribution is -0.889. The molecule has 0 spiro atoms. The number of aliphatic carboxylic acids is 1. The number of carboxylic acids is 1. The summed E-state index contributed by atoms with van der Waals surface area (Å²) in [6.45, 7) is 4.49. The van der Waals surface area contributed by atoms with Gasteiger partial charge in [-0.2, -0.15) is 0 Å². The number of allylic oxidation sites excluding steroid dienone is 14. The summed E-state index contributed by atoms with van der Waals surface area (Å²) < 4.78 is 17.2. The highest BCUT2D eigenvalue weighted by atomic mass is 16.6. The Morgan fingerprint density at radius 3 is 1.44 bits per heavy atom. The lowest BCUT2D eigenvalue weighted by Crippen LogP contribution is -2.55. The maximum atomic E-state index is 12.8. The van der Waals surface area contributed by atoms with Crippen molar-refractivity contribution in [2.75, 3.05) is 41.0 Å². The summed E-state index contributed by atoms with van der Waals surface area (Å²) in [5, 5.41) is 11.7. The van der Waals surface area contributed by atoms with Gasteiger partial charge in [-0.05, 0) is 83.5 Å². The predicted octanol–water partition coefficient (Wildman–Crippen LogP) is 12.7. The van der Waals surface area contributed by atoms with Crippen molar-refractivity contribution in [1.82, 2.24) is 0 Å². The van der Waals surface area contributed by atoms with Crippen LogP contribution in [0.5, 0.6) is 0 Å². The third-order valence-corrected chi connectivity index (χ3v) is 10.5. The second kappa shape index (κ2) is 44.1. The first-order valence-corrected chi connectivity index (χ1v) is 24.6. The molecule has 0 radical (unpaired) electrons. The van der Waals surface area contributed by atoms with Crippen LogP contribution in [-0.2, 0) is 28.6 Å². The van der Waals surface area contributed by atoms with E-state index in [2.05, 4.69) is 98.9 Å². The van der Waals surface area contributed by atoms with Gasteiger partial charge in [-0.15, -0.1) is 0 Å². The summed E-state index contributed by atoms with van der Waals surface area (Å²) in [6.07, 6.45) is 57.5. The van der Waals surface area contributed by atoms with Crippen LogP contribution in [0.3, 0.4) is 0 Å². The zero-order valence-corrected chi connectivity index (χ0v) is 40.3. The minimum absolute atomic E-state index is 0.0214. The maximum absolute atomic E-state index is 12.8. The number of hydrogen-bond acceptors (Lipinski definition) is 7. The van der Waals surface area contributed by atoms with Crippen LogP contribution in [0.4, 0.5) is 0 Å². The summed E-state index contributed by atoms with van der Waals surface area (Å²) in [6, 6.07) is -0.738. The number of quaternary nitrogens is 1. The molecule has 0 aromatic carbocycles. The third-order valence-electron chi connectivity index (χ3n) is 10.5. The van der Waals surface area contributed by atoms with E-state index in [1.54, 1.807) is 21.1 Å². The van der Waals surface area contributed by atoms with Crippen LogP contribution in [0, 0.1) is 0 Å². The van der Waals surface area contributed by atoms with Crippen LogP contribution < -0.4 is 5.11 Å². The molecule has 0 fully saturated rings. The Balaban J connectivity index is 4.38. The summed E-state index contributed by atoms with van der Waals surface area (Å²) in [5.41, 5.74) is 0. The lowest BCUT2D eigenvalue weighted by Gasteiger charge is -2.34. The minimum Gasteiger partial charge on any atom is -0.544 e. The molecule has 0 heterocycles. The smallest absolute Gasteiger partial charge is 0.306 e. The zero-order valence-electron chi connectivity index (χ0n) is 40.3. The van der Waals surface area contributed by atoms with Crippen molar-refractivity contribution in [2.24, 2.45) is 0 Å². The summed E-state index contributed by atoms with van der Waals surface area (Å²) >= 11 is 0. The molecule has 0 saturated carbocycles. The van der Waals surface area contributed by atoms with Crippen molar-refractivity contribution in [3.63, 3.8) is 0 Å². The first-order valence-electron chi connectivity index (χ1n) is 24.6. The zero-order chi connectivity index (χ0) is 45.6. The van der Waals surface area contributed by atoms with Crippen molar-refractivity contribution < 1.29 is 38.2 Å². The third kappa shape index (κ3) is 41.8. The fourth-order valence-corrected chi connectivity index (χ4v) is 6.73. The van der Waals surface area contributed by atoms with Crippen LogP contribution in [0.15, 0.2) is 85.1 Å². The van der Waals surface area contributed by atoms with Gasteiger partial charge in [0.2, 0.25) is 0 Å². The highest BCUT2D eigenvalue weighted by Gasteiger charge is 2.25. The molecular weight excluding hydrogens is 775 g/mol. The van der Waals surface area contributed by atoms with Crippen LogP contribution in [0.2, 0.25) is 0 Å². The molecule has 354 valence electrons. The van der Waals surface area contributed by atoms with Gasteiger partial charge < -0.3 is 28.6 Å². The van der Waals surface area contributed by atoms with Gasteiger partial charge in [0.1, 0.15) is 12.6 Å². The summed E-state index contributed by atoms with van der Waals surface area (Å²) in [5.74, 6) is -1.79. The Bertz CT molecular complexity index is 1290. The molecule has 0 aliphatic heterocycles. The number of carboxylic acid groups (broad SMARTS) is 1. The van der Waals surface area contributed by atoms with Gasteiger partial charge in [0, 0.05) is 19.3 Å². The Kier molecular flexibility index (Phi) is 41.6. The van der Waals surface area contributed by atoms with Gasteiger partial charge in [-0.3, -0.25) is 9.59 Å². The number of carbonyl (C=O) groups excluding carboxylic acids is 3. The predicted molar refractivity (Wildman–Crippen MR) is 258 cm³/mol. The molecule has 0 bridgehead atoms. The summed E-state index contributed by atoms with van der Waals surface area (Å²) in [7, 11) is 5.39. The van der Waals surface area contributed by atoms with Crippen molar-refractivity contribution in [3.8, 4) is 0 Å². The van der Waals surface area contributed by atoms with Gasteiger partial charge in [0.05, 0.1) is 40.3 Å². The molecule has 0 aliphatic rings. The Morgan fingerprint density at radius 2 is 0.952 bits per heavy atom. The quantitative estimate of drug-likeness (QED) is 0.0198. The Hall–Kier alpha value is -3.49. The molecular formula is C54H91NO7. The van der Waals surface area contributed by atoms with Gasteiger partial charge in [0.15, 0.2) is 6.10 Å². The number of carbonyl (C=O) groups is 3. The van der Waals surface area contributed by atoms with E-state index in [0.29, 0.717) is 12.8 Å². The molecule has 0 rings (SSSR count). The normalized spacial score (nSPS) is 13.6. The van der Waals surface area contributed by atoms with E-state index in [1.807, 2.05) is 0 Å². The second-order valence-electron chi connectivity index (χ2n) is 17.3. The molecule has 8 heteroatoms. The number of nitrogens with zero attached hydrogens (tertiary/aromatic N) is 1. The van der Waals surface area contributed by atoms with E-state index >= 15 is 0 Å². The Morgan fingerprint density at radius 1 is 0.516 bits per heavy atom. The number of hydrogen-bond donors (Lipinski definition) is 0. The molecule has 0 saturated heterocycles. The van der Waals surface area contributed by atoms with Crippen LogP contribution in [0.25, 0.3) is 0 Å². The molecule has 0 aromatic rings. The number of likely N-dealkylation sites (N-methyl/N-ethyl adjacent to an activating group) is 1. The van der Waals surface area contributed by atoms with Crippen LogP contribution >= 0.6 is 0 Å². The number of esters is 2. The standard InChI is InChI=1S/C54H91NO7/c1-6-8-10-12-14-16-18-20-22-24-26-27-29-30-32-34-36-38-40-42-44-52(56)61-49-50(48-60-47-46-51(54(58)59)55(3,4)5)62-53(57)45-43-41-39-37-35-33-31-28-25-23-21-19-17-15-13-11-9-7-2/h8,10,14,16,20,22-23,25-28,30-32,50-51H,6-7,9,11-13,15,17-19,21,24,29,33-49H2,1-5H3/b10-8+,16-14+,22-20+,25-23+,27-26+,31-28+,32-30+. The summed E-state index contributed by atoms with van der Waals surface area (Å²) in [4.78, 5) is 37.0. The average Bonchev–Trinajstić information content (AvgIpc) is 3.23. The Labute approximate surface area is 380 Å². The molecule has 2 unspecified atom stereocenters. The van der Waals surface area contributed by atoms with Gasteiger partial charge in [-0.25, -0.2) is 0 Å². The largest absolute Gasteiger partial charge is 0.544 e. The second-order valence-corrected chi connectivity index (χ2v) is 17.3. The number of unbranched alkanes of at least 4 members (excludes halogenated alkanes) is 16. The van der Waals surface area contributed by atoms with Crippen molar-refractivity contribution in [3.05, 3.63) is 85.1 Å². The first-order chi connectivity index (χ1) is 30.1. The van der Waals surface area contributed by atoms with E-state index in [-0.39, 0.29) is 42.7 Å². The molecule has 0 aliphatic carbocycles. The number of ether oxygens (including phenoxy) is 3.